The molecule has 2 fully saturated rings. The van der Waals surface area contributed by atoms with Crippen molar-refractivity contribution >= 4 is 0 Å². The second-order valence-electron chi connectivity index (χ2n) is 5.38. The van der Waals surface area contributed by atoms with Crippen LogP contribution in [0.4, 0.5) is 0 Å². The van der Waals surface area contributed by atoms with Gasteiger partial charge in [-0.2, -0.15) is 0 Å². The molecule has 3 nitrogen and oxygen atoms in total. The number of hydrogen-bond acceptors (Lipinski definition) is 3. The SMILES string of the molecule is CC.COCC1(CN2CC(C)C(OC)C2)CC1. The molecule has 3 heteroatoms. The van der Waals surface area contributed by atoms with E-state index in [-0.39, 0.29) is 0 Å². The van der Waals surface area contributed by atoms with Crippen LogP contribution in [-0.2, 0) is 9.47 Å². The summed E-state index contributed by atoms with van der Waals surface area (Å²) in [5.74, 6) is 0.674. The average molecular weight is 243 g/mol. The average Bonchev–Trinajstić information content (AvgIpc) is 2.98. The summed E-state index contributed by atoms with van der Waals surface area (Å²) in [4.78, 5) is 2.55. The summed E-state index contributed by atoms with van der Waals surface area (Å²) >= 11 is 0. The fourth-order valence-corrected chi connectivity index (χ4v) is 2.78. The summed E-state index contributed by atoms with van der Waals surface area (Å²) in [5.41, 5.74) is 0.483. The van der Waals surface area contributed by atoms with E-state index in [2.05, 4.69) is 11.8 Å². The quantitative estimate of drug-likeness (QED) is 0.740. The molecule has 0 radical (unpaired) electrons. The Morgan fingerprint density at radius 1 is 1.18 bits per heavy atom. The van der Waals surface area contributed by atoms with Gasteiger partial charge in [-0.1, -0.05) is 20.8 Å². The van der Waals surface area contributed by atoms with Crippen LogP contribution in [0.25, 0.3) is 0 Å². The van der Waals surface area contributed by atoms with Crippen LogP contribution >= 0.6 is 0 Å². The van der Waals surface area contributed by atoms with E-state index in [1.54, 1.807) is 0 Å². The van der Waals surface area contributed by atoms with Crippen LogP contribution in [0.15, 0.2) is 0 Å². The van der Waals surface area contributed by atoms with E-state index in [1.807, 2.05) is 28.1 Å². The molecule has 1 heterocycles. The van der Waals surface area contributed by atoms with Gasteiger partial charge in [0.1, 0.15) is 0 Å². The normalized spacial score (nSPS) is 30.9. The smallest absolute Gasteiger partial charge is 0.0735 e. The van der Waals surface area contributed by atoms with Crippen molar-refractivity contribution in [3.05, 3.63) is 0 Å². The van der Waals surface area contributed by atoms with Crippen molar-refractivity contribution in [1.82, 2.24) is 4.90 Å². The first-order chi connectivity index (χ1) is 8.19. The summed E-state index contributed by atoms with van der Waals surface area (Å²) in [5, 5.41) is 0. The Morgan fingerprint density at radius 3 is 2.24 bits per heavy atom. The van der Waals surface area contributed by atoms with Crippen molar-refractivity contribution in [2.75, 3.05) is 40.5 Å². The lowest BCUT2D eigenvalue weighted by atomic mass is 10.1. The Balaban J connectivity index is 0.000000686. The zero-order chi connectivity index (χ0) is 12.9. The molecule has 0 aromatic heterocycles. The largest absolute Gasteiger partial charge is 0.384 e. The molecule has 0 amide bonds. The third-order valence-corrected chi connectivity index (χ3v) is 3.89. The van der Waals surface area contributed by atoms with Crippen LogP contribution in [0.3, 0.4) is 0 Å². The zero-order valence-corrected chi connectivity index (χ0v) is 12.2. The molecule has 0 aromatic carbocycles. The second kappa shape index (κ2) is 6.72. The molecule has 0 aromatic rings. The van der Waals surface area contributed by atoms with E-state index < -0.39 is 0 Å². The van der Waals surface area contributed by atoms with Gasteiger partial charge in [0, 0.05) is 39.3 Å². The monoisotopic (exact) mass is 243 g/mol. The number of ether oxygens (including phenoxy) is 2. The fourth-order valence-electron chi connectivity index (χ4n) is 2.78. The van der Waals surface area contributed by atoms with Gasteiger partial charge in [-0.25, -0.2) is 0 Å². The molecule has 102 valence electrons. The van der Waals surface area contributed by atoms with Gasteiger partial charge < -0.3 is 9.47 Å². The maximum Gasteiger partial charge on any atom is 0.0735 e. The van der Waals surface area contributed by atoms with E-state index >= 15 is 0 Å². The minimum Gasteiger partial charge on any atom is -0.384 e. The molecule has 1 aliphatic carbocycles. The molecule has 2 rings (SSSR count). The molecule has 2 unspecified atom stereocenters. The molecule has 2 atom stereocenters. The van der Waals surface area contributed by atoms with E-state index in [0.29, 0.717) is 17.4 Å². The summed E-state index contributed by atoms with van der Waals surface area (Å²) in [6, 6.07) is 0. The van der Waals surface area contributed by atoms with E-state index in [0.717, 1.165) is 13.2 Å². The molecular formula is C14H29NO2. The summed E-state index contributed by atoms with van der Waals surface area (Å²) in [7, 11) is 3.64. The first-order valence-corrected chi connectivity index (χ1v) is 6.93. The Kier molecular flexibility index (Phi) is 5.90. The molecular weight excluding hydrogens is 214 g/mol. The predicted octanol–water partition coefficient (Wildman–Crippen LogP) is 2.41. The van der Waals surface area contributed by atoms with Gasteiger partial charge in [-0.05, 0) is 18.8 Å². The van der Waals surface area contributed by atoms with Gasteiger partial charge in [-0.3, -0.25) is 4.90 Å². The van der Waals surface area contributed by atoms with Gasteiger partial charge >= 0.3 is 0 Å². The van der Waals surface area contributed by atoms with Crippen molar-refractivity contribution in [3.8, 4) is 0 Å². The molecule has 0 N–H and O–H groups in total. The Hall–Kier alpha value is -0.120. The van der Waals surface area contributed by atoms with Gasteiger partial charge in [0.05, 0.1) is 12.7 Å². The number of hydrogen-bond donors (Lipinski definition) is 0. The Labute approximate surface area is 106 Å². The highest BCUT2D eigenvalue weighted by atomic mass is 16.5. The number of methoxy groups -OCH3 is 2. The van der Waals surface area contributed by atoms with Crippen molar-refractivity contribution in [2.45, 2.75) is 39.7 Å². The van der Waals surface area contributed by atoms with Crippen molar-refractivity contribution in [2.24, 2.45) is 11.3 Å². The lowest BCUT2D eigenvalue weighted by Gasteiger charge is -2.22. The highest BCUT2D eigenvalue weighted by Crippen LogP contribution is 2.47. The summed E-state index contributed by atoms with van der Waals surface area (Å²) < 4.78 is 10.8. The molecule has 0 spiro atoms. The first-order valence-electron chi connectivity index (χ1n) is 6.93. The highest BCUT2D eigenvalue weighted by molar-refractivity contribution is 4.97. The minimum absolute atomic E-state index is 0.434. The van der Waals surface area contributed by atoms with Crippen LogP contribution in [0, 0.1) is 11.3 Å². The van der Waals surface area contributed by atoms with E-state index in [1.165, 1.54) is 25.9 Å². The minimum atomic E-state index is 0.434. The van der Waals surface area contributed by atoms with Crippen LogP contribution < -0.4 is 0 Å². The van der Waals surface area contributed by atoms with Crippen LogP contribution in [-0.4, -0.2) is 51.5 Å². The van der Waals surface area contributed by atoms with Crippen molar-refractivity contribution in [1.29, 1.82) is 0 Å². The number of likely N-dealkylation sites (tertiary alicyclic amines) is 1. The maximum atomic E-state index is 5.48. The molecule has 17 heavy (non-hydrogen) atoms. The standard InChI is InChI=1S/C12H23NO2.C2H6/c1-10-6-13(7-11(10)15-3)8-12(4-5-12)9-14-2;1-2/h10-11H,4-9H2,1-3H3;1-2H3. The maximum absolute atomic E-state index is 5.48. The summed E-state index contributed by atoms with van der Waals surface area (Å²) in [6.45, 7) is 10.7. The van der Waals surface area contributed by atoms with Crippen LogP contribution in [0.2, 0.25) is 0 Å². The fraction of sp³-hybridized carbons (Fsp3) is 1.00. The van der Waals surface area contributed by atoms with Crippen LogP contribution in [0.5, 0.6) is 0 Å². The molecule has 1 saturated carbocycles. The van der Waals surface area contributed by atoms with E-state index in [4.69, 9.17) is 9.47 Å². The molecule has 1 saturated heterocycles. The van der Waals surface area contributed by atoms with Crippen molar-refractivity contribution < 1.29 is 9.47 Å². The molecule has 1 aliphatic heterocycles. The topological polar surface area (TPSA) is 21.7 Å². The highest BCUT2D eigenvalue weighted by Gasteiger charge is 2.45. The third kappa shape index (κ3) is 3.94. The second-order valence-corrected chi connectivity index (χ2v) is 5.38. The van der Waals surface area contributed by atoms with E-state index in [9.17, 15) is 0 Å². The molecule has 0 bridgehead atoms. The first kappa shape index (κ1) is 14.9. The summed E-state index contributed by atoms with van der Waals surface area (Å²) in [6.07, 6.45) is 3.11. The van der Waals surface area contributed by atoms with Crippen molar-refractivity contribution in [3.63, 3.8) is 0 Å². The lowest BCUT2D eigenvalue weighted by Crippen LogP contribution is -2.31. The Morgan fingerprint density at radius 2 is 1.82 bits per heavy atom. The lowest BCUT2D eigenvalue weighted by molar-refractivity contribution is 0.0774. The number of rotatable bonds is 5. The Bertz CT molecular complexity index is 216. The number of nitrogens with zero attached hydrogens (tertiary/aromatic N) is 1. The van der Waals surface area contributed by atoms with Crippen LogP contribution in [0.1, 0.15) is 33.6 Å². The van der Waals surface area contributed by atoms with Gasteiger partial charge in [0.15, 0.2) is 0 Å². The predicted molar refractivity (Wildman–Crippen MR) is 71.3 cm³/mol. The van der Waals surface area contributed by atoms with Gasteiger partial charge in [0.25, 0.3) is 0 Å². The zero-order valence-electron chi connectivity index (χ0n) is 12.2. The third-order valence-electron chi connectivity index (χ3n) is 3.89. The van der Waals surface area contributed by atoms with Gasteiger partial charge in [0.2, 0.25) is 0 Å². The van der Waals surface area contributed by atoms with Gasteiger partial charge in [-0.15, -0.1) is 0 Å². The molecule has 2 aliphatic rings.